The second-order valence-corrected chi connectivity index (χ2v) is 5.65. The summed E-state index contributed by atoms with van der Waals surface area (Å²) < 4.78 is 16.5. The van der Waals surface area contributed by atoms with Gasteiger partial charge in [-0.05, 0) is 43.2 Å². The Labute approximate surface area is 148 Å². The summed E-state index contributed by atoms with van der Waals surface area (Å²) in [6.45, 7) is 4.69. The van der Waals surface area contributed by atoms with Crippen molar-refractivity contribution in [3.8, 4) is 17.2 Å². The second-order valence-electron chi connectivity index (χ2n) is 5.65. The van der Waals surface area contributed by atoms with Crippen LogP contribution in [0.25, 0.3) is 0 Å². The van der Waals surface area contributed by atoms with Crippen LogP contribution < -0.4 is 19.5 Å². The molecule has 0 aromatic heterocycles. The van der Waals surface area contributed by atoms with E-state index in [0.29, 0.717) is 31.1 Å². The van der Waals surface area contributed by atoms with Gasteiger partial charge in [0, 0.05) is 6.07 Å². The van der Waals surface area contributed by atoms with E-state index in [1.54, 1.807) is 13.2 Å². The third-order valence-corrected chi connectivity index (χ3v) is 3.64. The number of hydrogen-bond acceptors (Lipinski definition) is 4. The van der Waals surface area contributed by atoms with E-state index in [0.717, 1.165) is 11.3 Å². The zero-order valence-electron chi connectivity index (χ0n) is 15.0. The molecule has 2 aromatic carbocycles. The Morgan fingerprint density at radius 3 is 2.52 bits per heavy atom. The summed E-state index contributed by atoms with van der Waals surface area (Å²) in [5, 5.41) is 2.85. The topological polar surface area (TPSA) is 56.8 Å². The summed E-state index contributed by atoms with van der Waals surface area (Å²) >= 11 is 0. The number of ether oxygens (including phenoxy) is 3. The fourth-order valence-corrected chi connectivity index (χ4v) is 2.32. The van der Waals surface area contributed by atoms with E-state index in [-0.39, 0.29) is 5.91 Å². The molecule has 134 valence electrons. The van der Waals surface area contributed by atoms with Crippen LogP contribution in [0, 0.1) is 6.92 Å². The Balaban J connectivity index is 1.77. The molecule has 5 heteroatoms. The van der Waals surface area contributed by atoms with Gasteiger partial charge < -0.3 is 19.5 Å². The van der Waals surface area contributed by atoms with Gasteiger partial charge in [-0.25, -0.2) is 0 Å². The quantitative estimate of drug-likeness (QED) is 0.710. The third-order valence-electron chi connectivity index (χ3n) is 3.64. The minimum absolute atomic E-state index is 0.141. The molecule has 0 aliphatic rings. The molecule has 0 saturated carbocycles. The van der Waals surface area contributed by atoms with Crippen LogP contribution in [0.3, 0.4) is 0 Å². The SMILES string of the molecule is CC[C@@H](Oc1cccc(C)c1)C(=O)NCCOc1cccc(OC)c1. The van der Waals surface area contributed by atoms with Gasteiger partial charge in [0.25, 0.3) is 5.91 Å². The summed E-state index contributed by atoms with van der Waals surface area (Å²) in [5.41, 5.74) is 1.10. The normalized spacial score (nSPS) is 11.5. The highest BCUT2D eigenvalue weighted by molar-refractivity contribution is 5.81. The highest BCUT2D eigenvalue weighted by Crippen LogP contribution is 2.18. The predicted octanol–water partition coefficient (Wildman–Crippen LogP) is 3.36. The lowest BCUT2D eigenvalue weighted by Gasteiger charge is -2.17. The second kappa shape index (κ2) is 9.57. The number of amides is 1. The minimum Gasteiger partial charge on any atom is -0.497 e. The van der Waals surface area contributed by atoms with Gasteiger partial charge in [-0.1, -0.05) is 25.1 Å². The fraction of sp³-hybridized carbons (Fsp3) is 0.350. The van der Waals surface area contributed by atoms with Gasteiger partial charge in [0.15, 0.2) is 6.10 Å². The van der Waals surface area contributed by atoms with Crippen molar-refractivity contribution in [1.29, 1.82) is 0 Å². The van der Waals surface area contributed by atoms with Crippen molar-refractivity contribution in [3.63, 3.8) is 0 Å². The van der Waals surface area contributed by atoms with Crippen molar-refractivity contribution >= 4 is 5.91 Å². The number of rotatable bonds is 9. The molecule has 25 heavy (non-hydrogen) atoms. The van der Waals surface area contributed by atoms with Gasteiger partial charge >= 0.3 is 0 Å². The number of benzene rings is 2. The maximum Gasteiger partial charge on any atom is 0.261 e. The molecule has 0 spiro atoms. The molecule has 0 saturated heterocycles. The standard InChI is InChI=1S/C20H25NO4/c1-4-19(25-18-10-5-7-15(2)13-18)20(22)21-11-12-24-17-9-6-8-16(14-17)23-3/h5-10,13-14,19H,4,11-12H2,1-3H3,(H,21,22)/t19-/m1/s1. The molecule has 0 unspecified atom stereocenters. The average molecular weight is 343 g/mol. The monoisotopic (exact) mass is 343 g/mol. The molecular weight excluding hydrogens is 318 g/mol. The third kappa shape index (κ3) is 6.03. The number of methoxy groups -OCH3 is 1. The first-order valence-electron chi connectivity index (χ1n) is 8.40. The lowest BCUT2D eigenvalue weighted by molar-refractivity contribution is -0.128. The lowest BCUT2D eigenvalue weighted by Crippen LogP contribution is -2.39. The van der Waals surface area contributed by atoms with Gasteiger partial charge in [0.1, 0.15) is 23.9 Å². The van der Waals surface area contributed by atoms with E-state index >= 15 is 0 Å². The van der Waals surface area contributed by atoms with Crippen LogP contribution in [0.1, 0.15) is 18.9 Å². The van der Waals surface area contributed by atoms with Crippen LogP contribution in [-0.4, -0.2) is 32.3 Å². The molecule has 1 atom stereocenters. The molecule has 0 fully saturated rings. The Kier molecular flexibility index (Phi) is 7.14. The first-order chi connectivity index (χ1) is 12.1. The summed E-state index contributed by atoms with van der Waals surface area (Å²) in [6, 6.07) is 15.0. The zero-order chi connectivity index (χ0) is 18.1. The van der Waals surface area contributed by atoms with Crippen LogP contribution in [0.5, 0.6) is 17.2 Å². The van der Waals surface area contributed by atoms with Crippen LogP contribution in [0.15, 0.2) is 48.5 Å². The Hall–Kier alpha value is -2.69. The Morgan fingerprint density at radius 2 is 1.80 bits per heavy atom. The Morgan fingerprint density at radius 1 is 1.08 bits per heavy atom. The van der Waals surface area contributed by atoms with E-state index in [9.17, 15) is 4.79 Å². The average Bonchev–Trinajstić information content (AvgIpc) is 2.63. The number of aryl methyl sites for hydroxylation is 1. The van der Waals surface area contributed by atoms with Crippen molar-refractivity contribution in [2.75, 3.05) is 20.3 Å². The van der Waals surface area contributed by atoms with Gasteiger partial charge in [0.2, 0.25) is 0 Å². The first-order valence-corrected chi connectivity index (χ1v) is 8.40. The van der Waals surface area contributed by atoms with Crippen molar-refractivity contribution in [2.24, 2.45) is 0 Å². The van der Waals surface area contributed by atoms with E-state index in [2.05, 4.69) is 5.32 Å². The van der Waals surface area contributed by atoms with Gasteiger partial charge in [-0.15, -0.1) is 0 Å². The molecule has 2 rings (SSSR count). The van der Waals surface area contributed by atoms with Crippen molar-refractivity contribution in [1.82, 2.24) is 5.32 Å². The minimum atomic E-state index is -0.515. The smallest absolute Gasteiger partial charge is 0.261 e. The molecule has 0 bridgehead atoms. The van der Waals surface area contributed by atoms with Crippen molar-refractivity contribution in [2.45, 2.75) is 26.4 Å². The predicted molar refractivity (Wildman–Crippen MR) is 97.4 cm³/mol. The largest absolute Gasteiger partial charge is 0.497 e. The van der Waals surface area contributed by atoms with Gasteiger partial charge in [-0.3, -0.25) is 4.79 Å². The maximum absolute atomic E-state index is 12.3. The van der Waals surface area contributed by atoms with Crippen LogP contribution in [-0.2, 0) is 4.79 Å². The van der Waals surface area contributed by atoms with Gasteiger partial charge in [0.05, 0.1) is 13.7 Å². The van der Waals surface area contributed by atoms with E-state index in [4.69, 9.17) is 14.2 Å². The first kappa shape index (κ1) is 18.6. The highest BCUT2D eigenvalue weighted by Gasteiger charge is 2.17. The number of nitrogens with one attached hydrogen (secondary N) is 1. The van der Waals surface area contributed by atoms with Crippen molar-refractivity contribution < 1.29 is 19.0 Å². The van der Waals surface area contributed by atoms with Crippen molar-refractivity contribution in [3.05, 3.63) is 54.1 Å². The van der Waals surface area contributed by atoms with E-state index in [1.165, 1.54) is 0 Å². The molecule has 0 aliphatic heterocycles. The van der Waals surface area contributed by atoms with E-state index < -0.39 is 6.10 Å². The molecular formula is C20H25NO4. The molecule has 2 aromatic rings. The van der Waals surface area contributed by atoms with Crippen LogP contribution >= 0.6 is 0 Å². The summed E-state index contributed by atoms with van der Waals surface area (Å²) in [4.78, 5) is 12.3. The van der Waals surface area contributed by atoms with Crippen LogP contribution in [0.2, 0.25) is 0 Å². The summed E-state index contributed by atoms with van der Waals surface area (Å²) in [7, 11) is 1.61. The number of carbonyl (C=O) groups is 1. The Bertz CT molecular complexity index is 687. The maximum atomic E-state index is 12.3. The summed E-state index contributed by atoms with van der Waals surface area (Å²) in [5.74, 6) is 2.00. The fourth-order valence-electron chi connectivity index (χ4n) is 2.32. The molecule has 1 amide bonds. The molecule has 0 radical (unpaired) electrons. The number of carbonyl (C=O) groups excluding carboxylic acids is 1. The highest BCUT2D eigenvalue weighted by atomic mass is 16.5. The molecule has 0 aliphatic carbocycles. The zero-order valence-corrected chi connectivity index (χ0v) is 15.0. The molecule has 0 heterocycles. The van der Waals surface area contributed by atoms with E-state index in [1.807, 2.05) is 56.3 Å². The molecule has 1 N–H and O–H groups in total. The molecule has 5 nitrogen and oxygen atoms in total. The summed E-state index contributed by atoms with van der Waals surface area (Å²) in [6.07, 6.45) is 0.0786. The number of hydrogen-bond donors (Lipinski definition) is 1. The lowest BCUT2D eigenvalue weighted by atomic mass is 10.2. The van der Waals surface area contributed by atoms with Gasteiger partial charge in [-0.2, -0.15) is 0 Å². The van der Waals surface area contributed by atoms with Crippen LogP contribution in [0.4, 0.5) is 0 Å².